The van der Waals surface area contributed by atoms with Crippen LogP contribution in [0, 0.1) is 0 Å². The van der Waals surface area contributed by atoms with E-state index in [4.69, 9.17) is 10.8 Å². The zero-order chi connectivity index (χ0) is 9.56. The van der Waals surface area contributed by atoms with Crippen LogP contribution in [-0.2, 0) is 0 Å². The molecule has 0 aliphatic heterocycles. The number of phenols is 1. The Labute approximate surface area is 71.8 Å². The second-order valence-electron chi connectivity index (χ2n) is 1.94. The van der Waals surface area contributed by atoms with Gasteiger partial charge in [0.15, 0.2) is 6.29 Å². The molecule has 0 atom stereocenters. The van der Waals surface area contributed by atoms with Crippen molar-refractivity contribution in [3.8, 4) is 5.75 Å². The fraction of sp³-hybridized carbons (Fsp3) is 0.222. The minimum absolute atomic E-state index is 0.0741. The van der Waals surface area contributed by atoms with Gasteiger partial charge in [-0.05, 0) is 12.1 Å². The molecule has 0 aromatic heterocycles. The second kappa shape index (κ2) is 5.18. The highest BCUT2D eigenvalue weighted by Crippen LogP contribution is 2.17. The molecule has 1 rings (SSSR count). The van der Waals surface area contributed by atoms with E-state index in [0.717, 1.165) is 0 Å². The lowest BCUT2D eigenvalue weighted by Gasteiger charge is -1.96. The maximum Gasteiger partial charge on any atom is 0.153 e. The number of nitrogens with two attached hydrogens (primary N) is 1. The van der Waals surface area contributed by atoms with Crippen molar-refractivity contribution in [2.75, 3.05) is 5.73 Å². The van der Waals surface area contributed by atoms with Crippen LogP contribution in [0.2, 0.25) is 0 Å². The molecule has 3 heteroatoms. The van der Waals surface area contributed by atoms with E-state index in [1.165, 1.54) is 12.1 Å². The molecular weight excluding hydrogens is 154 g/mol. The number of anilines is 1. The average molecular weight is 167 g/mol. The van der Waals surface area contributed by atoms with Gasteiger partial charge in [0.05, 0.1) is 5.56 Å². The molecule has 0 spiro atoms. The summed E-state index contributed by atoms with van der Waals surface area (Å²) in [6, 6.07) is 4.37. The second-order valence-corrected chi connectivity index (χ2v) is 1.94. The van der Waals surface area contributed by atoms with Gasteiger partial charge >= 0.3 is 0 Å². The number of benzene rings is 1. The van der Waals surface area contributed by atoms with Gasteiger partial charge in [-0.2, -0.15) is 0 Å². The fourth-order valence-electron chi connectivity index (χ4n) is 0.660. The number of aldehydes is 1. The average Bonchev–Trinajstić information content (AvgIpc) is 2.08. The Kier molecular flexibility index (Phi) is 4.53. The van der Waals surface area contributed by atoms with Crippen molar-refractivity contribution in [1.29, 1.82) is 0 Å². The third-order valence-electron chi connectivity index (χ3n) is 1.18. The van der Waals surface area contributed by atoms with Gasteiger partial charge < -0.3 is 10.8 Å². The third-order valence-corrected chi connectivity index (χ3v) is 1.18. The molecule has 0 bridgehead atoms. The van der Waals surface area contributed by atoms with Gasteiger partial charge in [0.1, 0.15) is 5.75 Å². The summed E-state index contributed by atoms with van der Waals surface area (Å²) in [5.41, 5.74) is 6.01. The summed E-state index contributed by atoms with van der Waals surface area (Å²) in [6.07, 6.45) is 0.578. The van der Waals surface area contributed by atoms with Crippen LogP contribution in [0.25, 0.3) is 0 Å². The lowest BCUT2D eigenvalue weighted by molar-refractivity contribution is 0.112. The third kappa shape index (κ3) is 2.62. The summed E-state index contributed by atoms with van der Waals surface area (Å²) in [5, 5.41) is 8.98. The van der Waals surface area contributed by atoms with Gasteiger partial charge in [-0.3, -0.25) is 4.79 Å². The zero-order valence-corrected chi connectivity index (χ0v) is 7.24. The van der Waals surface area contributed by atoms with E-state index in [1.54, 1.807) is 6.07 Å². The van der Waals surface area contributed by atoms with Crippen molar-refractivity contribution in [3.63, 3.8) is 0 Å². The summed E-state index contributed by atoms with van der Waals surface area (Å²) < 4.78 is 0. The van der Waals surface area contributed by atoms with Crippen molar-refractivity contribution in [2.24, 2.45) is 0 Å². The minimum atomic E-state index is -0.0741. The first-order valence-corrected chi connectivity index (χ1v) is 3.77. The van der Waals surface area contributed by atoms with E-state index in [9.17, 15) is 4.79 Å². The summed E-state index contributed by atoms with van der Waals surface area (Å²) >= 11 is 0. The van der Waals surface area contributed by atoms with Crippen molar-refractivity contribution in [3.05, 3.63) is 23.8 Å². The Balaban J connectivity index is 0.000000561. The lowest BCUT2D eigenvalue weighted by Crippen LogP contribution is -1.86. The summed E-state index contributed by atoms with van der Waals surface area (Å²) in [5.74, 6) is -0.0741. The predicted molar refractivity (Wildman–Crippen MR) is 49.3 cm³/mol. The van der Waals surface area contributed by atoms with Crippen molar-refractivity contribution >= 4 is 12.0 Å². The highest BCUT2D eigenvalue weighted by atomic mass is 16.3. The van der Waals surface area contributed by atoms with Gasteiger partial charge in [-0.15, -0.1) is 0 Å². The van der Waals surface area contributed by atoms with Crippen molar-refractivity contribution in [1.82, 2.24) is 0 Å². The molecule has 0 aliphatic carbocycles. The van der Waals surface area contributed by atoms with E-state index in [-0.39, 0.29) is 11.3 Å². The molecule has 3 nitrogen and oxygen atoms in total. The normalized spacial score (nSPS) is 8.17. The molecule has 0 fully saturated rings. The first kappa shape index (κ1) is 10.5. The number of nitrogen functional groups attached to an aromatic ring is 1. The van der Waals surface area contributed by atoms with Crippen molar-refractivity contribution in [2.45, 2.75) is 13.8 Å². The van der Waals surface area contributed by atoms with Gasteiger partial charge in [-0.1, -0.05) is 13.8 Å². The quantitative estimate of drug-likeness (QED) is 0.495. The highest BCUT2D eigenvalue weighted by Gasteiger charge is 1.97. The number of aromatic hydroxyl groups is 1. The molecule has 0 heterocycles. The Bertz CT molecular complexity index is 259. The van der Waals surface area contributed by atoms with Crippen LogP contribution in [0.5, 0.6) is 5.75 Å². The summed E-state index contributed by atoms with van der Waals surface area (Å²) in [6.45, 7) is 4.00. The lowest BCUT2D eigenvalue weighted by atomic mass is 10.2. The number of hydrogen-bond donors (Lipinski definition) is 2. The zero-order valence-electron chi connectivity index (χ0n) is 7.24. The van der Waals surface area contributed by atoms with Gasteiger partial charge in [0.2, 0.25) is 0 Å². The highest BCUT2D eigenvalue weighted by molar-refractivity contribution is 5.80. The molecule has 0 saturated carbocycles. The van der Waals surface area contributed by atoms with Crippen LogP contribution in [0.1, 0.15) is 24.2 Å². The standard InChI is InChI=1S/C7H7NO2.C2H6/c8-6-2-1-5(4-9)7(10)3-6;1-2/h1-4,10H,8H2;1-2H3. The molecule has 0 aliphatic rings. The van der Waals surface area contributed by atoms with Crippen LogP contribution >= 0.6 is 0 Å². The number of phenolic OH excluding ortho intramolecular Hbond substituents is 1. The molecule has 12 heavy (non-hydrogen) atoms. The smallest absolute Gasteiger partial charge is 0.153 e. The molecular formula is C9H13NO2. The number of carbonyl (C=O) groups excluding carboxylic acids is 1. The Morgan fingerprint density at radius 1 is 1.42 bits per heavy atom. The molecule has 0 unspecified atom stereocenters. The molecule has 1 aromatic rings. The number of carbonyl (C=O) groups is 1. The van der Waals surface area contributed by atoms with E-state index in [1.807, 2.05) is 13.8 Å². The van der Waals surface area contributed by atoms with Gasteiger partial charge in [-0.25, -0.2) is 0 Å². The number of rotatable bonds is 1. The van der Waals surface area contributed by atoms with Crippen LogP contribution in [-0.4, -0.2) is 11.4 Å². The van der Waals surface area contributed by atoms with Crippen LogP contribution in [0.4, 0.5) is 5.69 Å². The van der Waals surface area contributed by atoms with E-state index < -0.39 is 0 Å². The first-order valence-electron chi connectivity index (χ1n) is 3.77. The molecule has 0 amide bonds. The van der Waals surface area contributed by atoms with Crippen LogP contribution < -0.4 is 5.73 Å². The molecule has 1 aromatic carbocycles. The molecule has 66 valence electrons. The largest absolute Gasteiger partial charge is 0.507 e. The Hall–Kier alpha value is -1.51. The van der Waals surface area contributed by atoms with E-state index in [0.29, 0.717) is 12.0 Å². The van der Waals surface area contributed by atoms with Gasteiger partial charge in [0, 0.05) is 11.8 Å². The Morgan fingerprint density at radius 2 is 2.00 bits per heavy atom. The molecule has 0 saturated heterocycles. The Morgan fingerprint density at radius 3 is 2.42 bits per heavy atom. The molecule has 0 radical (unpaired) electrons. The maximum absolute atomic E-state index is 10.1. The van der Waals surface area contributed by atoms with Crippen LogP contribution in [0.3, 0.4) is 0 Å². The monoisotopic (exact) mass is 167 g/mol. The topological polar surface area (TPSA) is 63.3 Å². The number of hydrogen-bond acceptors (Lipinski definition) is 3. The SMILES string of the molecule is CC.Nc1ccc(C=O)c(O)c1. The predicted octanol–water partition coefficient (Wildman–Crippen LogP) is 1.81. The first-order chi connectivity index (χ1) is 5.74. The van der Waals surface area contributed by atoms with Gasteiger partial charge in [0.25, 0.3) is 0 Å². The van der Waals surface area contributed by atoms with E-state index in [2.05, 4.69) is 0 Å². The summed E-state index contributed by atoms with van der Waals surface area (Å²) in [4.78, 5) is 10.1. The van der Waals surface area contributed by atoms with Crippen molar-refractivity contribution < 1.29 is 9.90 Å². The van der Waals surface area contributed by atoms with E-state index >= 15 is 0 Å². The fourth-order valence-corrected chi connectivity index (χ4v) is 0.660. The van der Waals surface area contributed by atoms with Crippen LogP contribution in [0.15, 0.2) is 18.2 Å². The maximum atomic E-state index is 10.1. The minimum Gasteiger partial charge on any atom is -0.507 e. The molecule has 3 N–H and O–H groups in total. The summed E-state index contributed by atoms with van der Waals surface area (Å²) in [7, 11) is 0.